The summed E-state index contributed by atoms with van der Waals surface area (Å²) in [5.74, 6) is -0.398. The van der Waals surface area contributed by atoms with Crippen LogP contribution in [0.15, 0.2) is 24.3 Å². The average molecular weight is 237 g/mol. The van der Waals surface area contributed by atoms with Crippen LogP contribution in [-0.2, 0) is 10.0 Å². The van der Waals surface area contributed by atoms with Crippen LogP contribution in [0.5, 0.6) is 0 Å². The molecular formula is C12H16FNOSi. The van der Waals surface area contributed by atoms with Crippen molar-refractivity contribution in [3.05, 3.63) is 35.6 Å². The molecule has 0 spiro atoms. The highest BCUT2D eigenvalue weighted by atomic mass is 28.4. The minimum Gasteiger partial charge on any atom is -0.397 e. The normalized spacial score (nSPS) is 15.2. The van der Waals surface area contributed by atoms with Crippen LogP contribution >= 0.6 is 0 Å². The van der Waals surface area contributed by atoms with Crippen molar-refractivity contribution in [3.63, 3.8) is 0 Å². The van der Waals surface area contributed by atoms with Gasteiger partial charge in [-0.3, -0.25) is 0 Å². The molecule has 1 atom stereocenters. The molecule has 0 fully saturated rings. The summed E-state index contributed by atoms with van der Waals surface area (Å²) < 4.78 is 19.4. The topological polar surface area (TPSA) is 33.0 Å². The lowest BCUT2D eigenvalue weighted by atomic mass is 9.97. The Hall–Kier alpha value is -1.18. The molecule has 16 heavy (non-hydrogen) atoms. The first-order chi connectivity index (χ1) is 7.28. The van der Waals surface area contributed by atoms with E-state index in [0.717, 1.165) is 0 Å². The zero-order valence-corrected chi connectivity index (χ0v) is 11.0. The number of rotatable bonds is 3. The molecule has 0 saturated carbocycles. The molecule has 1 aromatic rings. The number of nitriles is 1. The SMILES string of the molecule is CC(C#N)(O[Si](C)(C)C)c1ccccc1F. The Balaban J connectivity index is 3.17. The highest BCUT2D eigenvalue weighted by molar-refractivity contribution is 6.69. The van der Waals surface area contributed by atoms with E-state index >= 15 is 0 Å². The third-order valence-corrected chi connectivity index (χ3v) is 3.13. The molecule has 86 valence electrons. The second-order valence-electron chi connectivity index (χ2n) is 4.84. The average Bonchev–Trinajstić information content (AvgIpc) is 2.15. The third kappa shape index (κ3) is 2.91. The van der Waals surface area contributed by atoms with Crippen molar-refractivity contribution in [2.75, 3.05) is 0 Å². The van der Waals surface area contributed by atoms with Gasteiger partial charge in [0, 0.05) is 5.56 Å². The number of hydrogen-bond acceptors (Lipinski definition) is 2. The molecule has 1 unspecified atom stereocenters. The number of nitrogens with zero attached hydrogens (tertiary/aromatic N) is 1. The molecule has 0 aliphatic carbocycles. The van der Waals surface area contributed by atoms with Crippen molar-refractivity contribution in [2.45, 2.75) is 32.2 Å². The fourth-order valence-corrected chi connectivity index (χ4v) is 2.98. The van der Waals surface area contributed by atoms with Gasteiger partial charge in [-0.2, -0.15) is 5.26 Å². The standard InChI is InChI=1S/C12H16FNOSi/c1-12(9-14,15-16(2,3)4)10-7-5-6-8-11(10)13/h5-8H,1-4H3. The Morgan fingerprint density at radius 2 is 1.88 bits per heavy atom. The van der Waals surface area contributed by atoms with Crippen LogP contribution in [0.2, 0.25) is 19.6 Å². The first-order valence-electron chi connectivity index (χ1n) is 5.15. The van der Waals surface area contributed by atoms with Gasteiger partial charge in [0.2, 0.25) is 0 Å². The lowest BCUT2D eigenvalue weighted by Crippen LogP contribution is -2.38. The zero-order chi connectivity index (χ0) is 12.4. The fraction of sp³-hybridized carbons (Fsp3) is 0.417. The van der Waals surface area contributed by atoms with E-state index in [9.17, 15) is 9.65 Å². The molecule has 2 nitrogen and oxygen atoms in total. The zero-order valence-electron chi connectivity index (χ0n) is 10.0. The highest BCUT2D eigenvalue weighted by Crippen LogP contribution is 2.30. The van der Waals surface area contributed by atoms with Gasteiger partial charge in [0.25, 0.3) is 0 Å². The van der Waals surface area contributed by atoms with Gasteiger partial charge in [-0.1, -0.05) is 18.2 Å². The van der Waals surface area contributed by atoms with Gasteiger partial charge in [-0.15, -0.1) is 0 Å². The molecule has 0 N–H and O–H groups in total. The quantitative estimate of drug-likeness (QED) is 0.755. The van der Waals surface area contributed by atoms with Crippen LogP contribution in [0, 0.1) is 17.1 Å². The molecule has 1 rings (SSSR count). The van der Waals surface area contributed by atoms with Crippen molar-refractivity contribution in [2.24, 2.45) is 0 Å². The minimum absolute atomic E-state index is 0.305. The number of halogens is 1. The van der Waals surface area contributed by atoms with Gasteiger partial charge in [0.05, 0.1) is 0 Å². The van der Waals surface area contributed by atoms with Crippen molar-refractivity contribution in [1.82, 2.24) is 0 Å². The highest BCUT2D eigenvalue weighted by Gasteiger charge is 2.35. The van der Waals surface area contributed by atoms with E-state index in [4.69, 9.17) is 4.43 Å². The summed E-state index contributed by atoms with van der Waals surface area (Å²) in [5, 5.41) is 9.21. The molecule has 0 bridgehead atoms. The maximum atomic E-state index is 13.6. The predicted octanol–water partition coefficient (Wildman–Crippen LogP) is 3.42. The summed E-state index contributed by atoms with van der Waals surface area (Å²) in [6.07, 6.45) is 0. The third-order valence-electron chi connectivity index (χ3n) is 2.11. The van der Waals surface area contributed by atoms with Gasteiger partial charge < -0.3 is 4.43 Å². The largest absolute Gasteiger partial charge is 0.397 e. The fourth-order valence-electron chi connectivity index (χ4n) is 1.60. The Bertz CT molecular complexity index is 422. The Morgan fingerprint density at radius 3 is 2.31 bits per heavy atom. The van der Waals surface area contributed by atoms with E-state index in [-0.39, 0.29) is 0 Å². The van der Waals surface area contributed by atoms with Crippen LogP contribution in [0.3, 0.4) is 0 Å². The molecule has 1 aromatic carbocycles. The molecule has 0 saturated heterocycles. The lowest BCUT2D eigenvalue weighted by Gasteiger charge is -2.30. The van der Waals surface area contributed by atoms with Crippen molar-refractivity contribution in [1.29, 1.82) is 5.26 Å². The molecule has 4 heteroatoms. The molecule has 0 heterocycles. The second kappa shape index (κ2) is 4.36. The molecule has 0 amide bonds. The Kier molecular flexibility index (Phi) is 3.51. The predicted molar refractivity (Wildman–Crippen MR) is 63.8 cm³/mol. The van der Waals surface area contributed by atoms with E-state index in [2.05, 4.69) is 6.07 Å². The van der Waals surface area contributed by atoms with E-state index in [0.29, 0.717) is 5.56 Å². The van der Waals surface area contributed by atoms with E-state index < -0.39 is 19.7 Å². The van der Waals surface area contributed by atoms with Crippen LogP contribution in [0.25, 0.3) is 0 Å². The molecule has 0 aliphatic rings. The monoisotopic (exact) mass is 237 g/mol. The van der Waals surface area contributed by atoms with Crippen LogP contribution in [0.1, 0.15) is 12.5 Å². The summed E-state index contributed by atoms with van der Waals surface area (Å²) in [6, 6.07) is 8.32. The smallest absolute Gasteiger partial charge is 0.186 e. The second-order valence-corrected chi connectivity index (χ2v) is 9.27. The van der Waals surface area contributed by atoms with Gasteiger partial charge in [-0.25, -0.2) is 4.39 Å². The summed E-state index contributed by atoms with van der Waals surface area (Å²) in [7, 11) is -1.91. The lowest BCUT2D eigenvalue weighted by molar-refractivity contribution is 0.136. The van der Waals surface area contributed by atoms with E-state index in [1.54, 1.807) is 25.1 Å². The first-order valence-corrected chi connectivity index (χ1v) is 8.56. The van der Waals surface area contributed by atoms with Crippen molar-refractivity contribution in [3.8, 4) is 6.07 Å². The van der Waals surface area contributed by atoms with Gasteiger partial charge >= 0.3 is 0 Å². The van der Waals surface area contributed by atoms with Gasteiger partial charge in [0.15, 0.2) is 13.9 Å². The summed E-state index contributed by atoms with van der Waals surface area (Å²) in [5.41, 5.74) is -0.893. The maximum Gasteiger partial charge on any atom is 0.186 e. The molecule has 0 aliphatic heterocycles. The van der Waals surface area contributed by atoms with Gasteiger partial charge in [-0.05, 0) is 32.6 Å². The van der Waals surface area contributed by atoms with Crippen molar-refractivity contribution < 1.29 is 8.82 Å². The summed E-state index contributed by atoms with van der Waals surface area (Å²) >= 11 is 0. The van der Waals surface area contributed by atoms with Crippen LogP contribution < -0.4 is 0 Å². The first kappa shape index (κ1) is 12.9. The minimum atomic E-state index is -1.91. The summed E-state index contributed by atoms with van der Waals surface area (Å²) in [6.45, 7) is 7.54. The molecule has 0 radical (unpaired) electrons. The summed E-state index contributed by atoms with van der Waals surface area (Å²) in [4.78, 5) is 0. The Labute approximate surface area is 96.8 Å². The van der Waals surface area contributed by atoms with E-state index in [1.807, 2.05) is 19.6 Å². The maximum absolute atomic E-state index is 13.6. The van der Waals surface area contributed by atoms with Crippen molar-refractivity contribution >= 4 is 8.32 Å². The van der Waals surface area contributed by atoms with Crippen LogP contribution in [0.4, 0.5) is 4.39 Å². The Morgan fingerprint density at radius 1 is 1.31 bits per heavy atom. The molecule has 0 aromatic heterocycles. The number of benzene rings is 1. The van der Waals surface area contributed by atoms with Gasteiger partial charge in [0.1, 0.15) is 11.9 Å². The number of hydrogen-bond donors (Lipinski definition) is 0. The molecular weight excluding hydrogens is 221 g/mol. The van der Waals surface area contributed by atoms with E-state index in [1.165, 1.54) is 6.07 Å². The van der Waals surface area contributed by atoms with Crippen LogP contribution in [-0.4, -0.2) is 8.32 Å².